The van der Waals surface area contributed by atoms with Gasteiger partial charge in [0.15, 0.2) is 11.6 Å². The molecule has 2 rings (SSSR count). The molecule has 0 amide bonds. The van der Waals surface area contributed by atoms with E-state index in [-0.39, 0.29) is 0 Å². The van der Waals surface area contributed by atoms with Gasteiger partial charge in [-0.1, -0.05) is 6.07 Å². The van der Waals surface area contributed by atoms with Gasteiger partial charge in [0.2, 0.25) is 0 Å². The van der Waals surface area contributed by atoms with Crippen molar-refractivity contribution in [3.05, 3.63) is 35.4 Å². The third-order valence-electron chi connectivity index (χ3n) is 3.34. The van der Waals surface area contributed by atoms with Gasteiger partial charge in [0, 0.05) is 25.9 Å². The molecule has 1 aliphatic heterocycles. The van der Waals surface area contributed by atoms with E-state index in [9.17, 15) is 13.6 Å². The molecule has 0 aromatic heterocycles. The lowest BCUT2D eigenvalue weighted by molar-refractivity contribution is -0.121. The molecule has 1 aromatic rings. The van der Waals surface area contributed by atoms with Crippen LogP contribution in [0.1, 0.15) is 24.8 Å². The first-order valence-corrected chi connectivity index (χ1v) is 6.33. The van der Waals surface area contributed by atoms with Crippen LogP contribution in [0.25, 0.3) is 0 Å². The third kappa shape index (κ3) is 3.60. The van der Waals surface area contributed by atoms with Gasteiger partial charge in [-0.3, -0.25) is 4.79 Å². The van der Waals surface area contributed by atoms with E-state index >= 15 is 0 Å². The zero-order valence-corrected chi connectivity index (χ0v) is 10.3. The minimum Gasteiger partial charge on any atom is -0.302 e. The van der Waals surface area contributed by atoms with Crippen molar-refractivity contribution in [2.75, 3.05) is 19.6 Å². The van der Waals surface area contributed by atoms with Crippen LogP contribution < -0.4 is 0 Å². The zero-order valence-electron chi connectivity index (χ0n) is 10.3. The van der Waals surface area contributed by atoms with E-state index in [2.05, 4.69) is 4.90 Å². The van der Waals surface area contributed by atoms with Crippen molar-refractivity contribution in [3.8, 4) is 0 Å². The van der Waals surface area contributed by atoms with Gasteiger partial charge in [0.25, 0.3) is 0 Å². The van der Waals surface area contributed by atoms with Crippen molar-refractivity contribution in [2.24, 2.45) is 0 Å². The second kappa shape index (κ2) is 6.05. The fourth-order valence-corrected chi connectivity index (χ4v) is 2.23. The Hall–Kier alpha value is -1.29. The smallest absolute Gasteiger partial charge is 0.159 e. The summed E-state index contributed by atoms with van der Waals surface area (Å²) in [6, 6.07) is 4.05. The van der Waals surface area contributed by atoms with Gasteiger partial charge in [0.1, 0.15) is 5.78 Å². The Balaban J connectivity index is 1.74. The molecule has 1 heterocycles. The van der Waals surface area contributed by atoms with Gasteiger partial charge in [-0.15, -0.1) is 0 Å². The number of piperidine rings is 1. The van der Waals surface area contributed by atoms with Crippen LogP contribution in [0.2, 0.25) is 0 Å². The number of benzene rings is 1. The molecule has 0 N–H and O–H groups in total. The van der Waals surface area contributed by atoms with Crippen molar-refractivity contribution in [2.45, 2.75) is 25.7 Å². The number of likely N-dealkylation sites (tertiary alicyclic amines) is 1. The maximum Gasteiger partial charge on any atom is 0.159 e. The molecule has 1 saturated heterocycles. The topological polar surface area (TPSA) is 20.3 Å². The normalized spacial score (nSPS) is 17.1. The lowest BCUT2D eigenvalue weighted by Gasteiger charge is -2.25. The summed E-state index contributed by atoms with van der Waals surface area (Å²) < 4.78 is 25.7. The number of Topliss-reactive ketones (excluding diaryl/α,β-unsaturated/α-hetero) is 1. The molecule has 0 saturated carbocycles. The van der Waals surface area contributed by atoms with Crippen LogP contribution in [0.15, 0.2) is 18.2 Å². The van der Waals surface area contributed by atoms with E-state index < -0.39 is 11.6 Å². The summed E-state index contributed by atoms with van der Waals surface area (Å²) >= 11 is 0. The summed E-state index contributed by atoms with van der Waals surface area (Å²) in [5, 5.41) is 0. The maximum absolute atomic E-state index is 13.0. The Morgan fingerprint density at radius 1 is 1.11 bits per heavy atom. The second-order valence-corrected chi connectivity index (χ2v) is 4.73. The average Bonchev–Trinajstić information content (AvgIpc) is 2.36. The van der Waals surface area contributed by atoms with Gasteiger partial charge < -0.3 is 4.90 Å². The number of nitrogens with zero attached hydrogens (tertiary/aromatic N) is 1. The molecule has 18 heavy (non-hydrogen) atoms. The summed E-state index contributed by atoms with van der Waals surface area (Å²) in [5.74, 6) is -1.24. The average molecular weight is 253 g/mol. The SMILES string of the molecule is O=C1CCN(CCCc2ccc(F)c(F)c2)CC1. The number of rotatable bonds is 4. The first-order chi connectivity index (χ1) is 8.65. The van der Waals surface area contributed by atoms with Crippen molar-refractivity contribution in [1.29, 1.82) is 0 Å². The minimum absolute atomic E-state index is 0.340. The highest BCUT2D eigenvalue weighted by atomic mass is 19.2. The van der Waals surface area contributed by atoms with E-state index in [0.29, 0.717) is 18.6 Å². The molecule has 0 spiro atoms. The van der Waals surface area contributed by atoms with Gasteiger partial charge in [-0.05, 0) is 37.1 Å². The molecular weight excluding hydrogens is 236 g/mol. The molecule has 0 unspecified atom stereocenters. The summed E-state index contributed by atoms with van der Waals surface area (Å²) in [6.45, 7) is 2.57. The molecule has 0 bridgehead atoms. The Bertz CT molecular complexity index is 424. The number of aryl methyl sites for hydroxylation is 1. The number of halogens is 2. The molecule has 0 atom stereocenters. The van der Waals surface area contributed by atoms with Gasteiger partial charge >= 0.3 is 0 Å². The molecule has 98 valence electrons. The molecule has 1 aliphatic rings. The first-order valence-electron chi connectivity index (χ1n) is 6.33. The summed E-state index contributed by atoms with van der Waals surface area (Å²) in [5.41, 5.74) is 0.821. The largest absolute Gasteiger partial charge is 0.302 e. The van der Waals surface area contributed by atoms with Crippen LogP contribution in [0.3, 0.4) is 0 Å². The van der Waals surface area contributed by atoms with E-state index in [1.165, 1.54) is 12.1 Å². The Kier molecular flexibility index (Phi) is 4.42. The molecule has 0 aliphatic carbocycles. The molecule has 1 fully saturated rings. The van der Waals surface area contributed by atoms with Crippen LogP contribution in [0, 0.1) is 11.6 Å². The van der Waals surface area contributed by atoms with Crippen molar-refractivity contribution < 1.29 is 13.6 Å². The second-order valence-electron chi connectivity index (χ2n) is 4.73. The number of carbonyl (C=O) groups excluding carboxylic acids is 1. The van der Waals surface area contributed by atoms with Gasteiger partial charge in [0.05, 0.1) is 0 Å². The van der Waals surface area contributed by atoms with Crippen LogP contribution in [0.4, 0.5) is 8.78 Å². The van der Waals surface area contributed by atoms with Crippen LogP contribution in [-0.2, 0) is 11.2 Å². The molecule has 0 radical (unpaired) electrons. The van der Waals surface area contributed by atoms with Gasteiger partial charge in [-0.2, -0.15) is 0 Å². The Labute approximate surface area is 106 Å². The van der Waals surface area contributed by atoms with Crippen molar-refractivity contribution in [1.82, 2.24) is 4.90 Å². The predicted molar refractivity (Wildman–Crippen MR) is 65.4 cm³/mol. The fraction of sp³-hybridized carbons (Fsp3) is 0.500. The standard InChI is InChI=1S/C14H17F2NO/c15-13-4-3-11(10-14(13)16)2-1-7-17-8-5-12(18)6-9-17/h3-4,10H,1-2,5-9H2. The van der Waals surface area contributed by atoms with Crippen molar-refractivity contribution in [3.63, 3.8) is 0 Å². The lowest BCUT2D eigenvalue weighted by Crippen LogP contribution is -2.34. The highest BCUT2D eigenvalue weighted by Gasteiger charge is 2.15. The van der Waals surface area contributed by atoms with E-state index in [4.69, 9.17) is 0 Å². The number of carbonyl (C=O) groups is 1. The van der Waals surface area contributed by atoms with Crippen LogP contribution in [0.5, 0.6) is 0 Å². The maximum atomic E-state index is 13.0. The van der Waals surface area contributed by atoms with E-state index in [1.807, 2.05) is 0 Å². The Morgan fingerprint density at radius 3 is 2.50 bits per heavy atom. The van der Waals surface area contributed by atoms with E-state index in [1.54, 1.807) is 6.07 Å². The van der Waals surface area contributed by atoms with E-state index in [0.717, 1.165) is 38.0 Å². The Morgan fingerprint density at radius 2 is 1.83 bits per heavy atom. The fourth-order valence-electron chi connectivity index (χ4n) is 2.23. The third-order valence-corrected chi connectivity index (χ3v) is 3.34. The lowest BCUT2D eigenvalue weighted by atomic mass is 10.1. The van der Waals surface area contributed by atoms with Gasteiger partial charge in [-0.25, -0.2) is 8.78 Å². The zero-order chi connectivity index (χ0) is 13.0. The molecule has 2 nitrogen and oxygen atoms in total. The van der Waals surface area contributed by atoms with Crippen LogP contribution in [-0.4, -0.2) is 30.3 Å². The summed E-state index contributed by atoms with van der Waals surface area (Å²) in [4.78, 5) is 13.3. The minimum atomic E-state index is -0.798. The molecular formula is C14H17F2NO. The molecule has 4 heteroatoms. The number of hydrogen-bond acceptors (Lipinski definition) is 2. The summed E-state index contributed by atoms with van der Waals surface area (Å²) in [6.07, 6.45) is 2.93. The monoisotopic (exact) mass is 253 g/mol. The highest BCUT2D eigenvalue weighted by molar-refractivity contribution is 5.79. The number of hydrogen-bond donors (Lipinski definition) is 0. The number of ketones is 1. The quantitative estimate of drug-likeness (QED) is 0.822. The summed E-state index contributed by atoms with van der Waals surface area (Å²) in [7, 11) is 0. The van der Waals surface area contributed by atoms with Crippen molar-refractivity contribution >= 4 is 5.78 Å². The molecule has 1 aromatic carbocycles. The predicted octanol–water partition coefficient (Wildman–Crippen LogP) is 2.56. The van der Waals surface area contributed by atoms with Crippen LogP contribution >= 0.6 is 0 Å². The highest BCUT2D eigenvalue weighted by Crippen LogP contribution is 2.12. The first kappa shape index (κ1) is 13.1.